The topological polar surface area (TPSA) is 167 Å². The number of benzene rings is 3. The first-order valence-electron chi connectivity index (χ1n) is 13.5. The molecule has 5 rings (SSSR count). The Labute approximate surface area is 253 Å². The molecule has 44 heavy (non-hydrogen) atoms. The zero-order valence-corrected chi connectivity index (χ0v) is 25.1. The van der Waals surface area contributed by atoms with E-state index < -0.39 is 27.9 Å². The molecular weight excluding hydrogens is 592 g/mol. The molecule has 0 unspecified atom stereocenters. The van der Waals surface area contributed by atoms with Crippen LogP contribution in [0.25, 0.3) is 5.69 Å². The van der Waals surface area contributed by atoms with E-state index in [1.165, 1.54) is 43.0 Å². The molecule has 0 fully saturated rings. The van der Waals surface area contributed by atoms with Gasteiger partial charge in [0.2, 0.25) is 22.7 Å². The Morgan fingerprint density at radius 2 is 1.80 bits per heavy atom. The first kappa shape index (κ1) is 30.4. The number of rotatable bonds is 11. The molecule has 4 aromatic rings. The smallest absolute Gasteiger partial charge is 0.356 e. The summed E-state index contributed by atoms with van der Waals surface area (Å²) in [6, 6.07) is 15.1. The fourth-order valence-electron chi connectivity index (χ4n) is 4.34. The number of nitrogens with zero attached hydrogens (tertiary/aromatic N) is 2. The highest BCUT2D eigenvalue weighted by atomic mass is 32.2. The third-order valence-electron chi connectivity index (χ3n) is 6.89. The first-order chi connectivity index (χ1) is 21.0. The normalized spacial score (nSPS) is 12.9. The molecule has 14 heteroatoms. The molecule has 3 aromatic carbocycles. The number of hydrogen-bond acceptors (Lipinski definition) is 9. The summed E-state index contributed by atoms with van der Waals surface area (Å²) in [6.45, 7) is 5.11. The third-order valence-corrected chi connectivity index (χ3v) is 8.50. The number of sulfonamides is 1. The molecule has 3 N–H and O–H groups in total. The molecule has 1 aliphatic rings. The summed E-state index contributed by atoms with van der Waals surface area (Å²) in [5.41, 5.74) is 0.802. The van der Waals surface area contributed by atoms with E-state index in [0.717, 1.165) is 0 Å². The molecule has 1 amide bonds. The van der Waals surface area contributed by atoms with Crippen LogP contribution in [0.2, 0.25) is 0 Å². The van der Waals surface area contributed by atoms with Crippen LogP contribution < -0.4 is 29.0 Å². The highest BCUT2D eigenvalue weighted by Gasteiger charge is 2.27. The van der Waals surface area contributed by atoms with E-state index in [0.29, 0.717) is 29.4 Å². The van der Waals surface area contributed by atoms with Gasteiger partial charge < -0.3 is 29.4 Å². The van der Waals surface area contributed by atoms with Gasteiger partial charge in [0.25, 0.3) is 5.91 Å². The maximum absolute atomic E-state index is 13.6. The minimum atomic E-state index is -4.19. The average Bonchev–Trinajstić information content (AvgIpc) is 3.61. The van der Waals surface area contributed by atoms with Crippen LogP contribution in [-0.4, -0.2) is 55.1 Å². The van der Waals surface area contributed by atoms with E-state index in [9.17, 15) is 23.1 Å². The zero-order chi connectivity index (χ0) is 31.6. The minimum absolute atomic E-state index is 0.00953. The average molecular weight is 623 g/mol. The lowest BCUT2D eigenvalue weighted by Gasteiger charge is -2.18. The molecule has 13 nitrogen and oxygen atoms in total. The van der Waals surface area contributed by atoms with Crippen LogP contribution in [0, 0.1) is 6.92 Å². The van der Waals surface area contributed by atoms with E-state index >= 15 is 0 Å². The Kier molecular flexibility index (Phi) is 8.47. The van der Waals surface area contributed by atoms with Crippen LogP contribution in [0.5, 0.6) is 28.9 Å². The quantitative estimate of drug-likeness (QED) is 0.213. The molecule has 1 atom stereocenters. The highest BCUT2D eigenvalue weighted by molar-refractivity contribution is 7.89. The van der Waals surface area contributed by atoms with Crippen LogP contribution in [0.4, 0.5) is 5.69 Å². The maximum Gasteiger partial charge on any atom is 0.356 e. The monoisotopic (exact) mass is 622 g/mol. The van der Waals surface area contributed by atoms with Gasteiger partial charge in [-0.25, -0.2) is 17.9 Å². The van der Waals surface area contributed by atoms with E-state index in [1.54, 1.807) is 43.3 Å². The standard InChI is InChI=1S/C30H30N4O9S/c1-5-17(2)33-44(38,39)26-15-20(31-28(35)19-6-12-23-25(14-19)42-16-41-23)7-13-24(26)43-29-18(3)27(30(36)37)32-34(29)21-8-10-22(40-4)11-9-21/h6-15,17,33H,5,16H2,1-4H3,(H,31,35)(H,36,37)/t17-/m0/s1. The molecule has 0 radical (unpaired) electrons. The molecule has 2 heterocycles. The Morgan fingerprint density at radius 3 is 2.48 bits per heavy atom. The number of amides is 1. The number of aromatic nitrogens is 2. The largest absolute Gasteiger partial charge is 0.497 e. The summed E-state index contributed by atoms with van der Waals surface area (Å²) < 4.78 is 53.1. The second kappa shape index (κ2) is 12.3. The lowest BCUT2D eigenvalue weighted by atomic mass is 10.2. The summed E-state index contributed by atoms with van der Waals surface area (Å²) in [4.78, 5) is 24.7. The van der Waals surface area contributed by atoms with Gasteiger partial charge in [-0.05, 0) is 80.9 Å². The zero-order valence-electron chi connectivity index (χ0n) is 24.3. The Hall–Kier alpha value is -5.08. The number of carboxylic acids is 1. The summed E-state index contributed by atoms with van der Waals surface area (Å²) in [6.07, 6.45) is 0.515. The van der Waals surface area contributed by atoms with Crippen molar-refractivity contribution in [1.82, 2.24) is 14.5 Å². The molecule has 0 bridgehead atoms. The van der Waals surface area contributed by atoms with Crippen LogP contribution in [0.15, 0.2) is 65.6 Å². The molecule has 0 aliphatic carbocycles. The lowest BCUT2D eigenvalue weighted by Crippen LogP contribution is -2.32. The van der Waals surface area contributed by atoms with Gasteiger partial charge in [0, 0.05) is 22.9 Å². The molecule has 1 aliphatic heterocycles. The van der Waals surface area contributed by atoms with Crippen molar-refractivity contribution in [1.29, 1.82) is 0 Å². The third kappa shape index (κ3) is 6.16. The van der Waals surface area contributed by atoms with Crippen LogP contribution >= 0.6 is 0 Å². The van der Waals surface area contributed by atoms with Crippen LogP contribution in [0.3, 0.4) is 0 Å². The SMILES string of the molecule is CC[C@H](C)NS(=O)(=O)c1cc(NC(=O)c2ccc3c(c2)OCO3)ccc1Oc1c(C)c(C(=O)O)nn1-c1ccc(OC)cc1. The number of ether oxygens (including phenoxy) is 4. The highest BCUT2D eigenvalue weighted by Crippen LogP contribution is 2.36. The molecule has 230 valence electrons. The van der Waals surface area contributed by atoms with Crippen molar-refractivity contribution in [2.75, 3.05) is 19.2 Å². The van der Waals surface area contributed by atoms with Crippen molar-refractivity contribution in [3.05, 3.63) is 77.5 Å². The fraction of sp³-hybridized carbons (Fsp3) is 0.233. The number of carboxylic acid groups (broad SMARTS) is 1. The maximum atomic E-state index is 13.6. The molecular formula is C30H30N4O9S. The molecule has 0 saturated carbocycles. The number of aromatic carboxylic acids is 1. The number of anilines is 1. The number of nitrogens with one attached hydrogen (secondary N) is 2. The van der Waals surface area contributed by atoms with Gasteiger partial charge in [0.15, 0.2) is 17.2 Å². The first-order valence-corrected chi connectivity index (χ1v) is 15.0. The number of carbonyl (C=O) groups excluding carboxylic acids is 1. The fourth-order valence-corrected chi connectivity index (χ4v) is 5.82. The second-order valence-electron chi connectivity index (χ2n) is 9.91. The predicted molar refractivity (Wildman–Crippen MR) is 159 cm³/mol. The lowest BCUT2D eigenvalue weighted by molar-refractivity contribution is 0.0689. The number of methoxy groups -OCH3 is 1. The van der Waals surface area contributed by atoms with Gasteiger partial charge in [0.05, 0.1) is 12.8 Å². The summed E-state index contributed by atoms with van der Waals surface area (Å²) in [5.74, 6) is -0.403. The van der Waals surface area contributed by atoms with Gasteiger partial charge >= 0.3 is 5.97 Å². The summed E-state index contributed by atoms with van der Waals surface area (Å²) in [5, 5.41) is 16.7. The Balaban J connectivity index is 1.55. The van der Waals surface area contributed by atoms with Gasteiger partial charge in [-0.1, -0.05) is 6.92 Å². The van der Waals surface area contributed by atoms with Crippen LogP contribution in [0.1, 0.15) is 46.7 Å². The van der Waals surface area contributed by atoms with Gasteiger partial charge in [-0.15, -0.1) is 0 Å². The summed E-state index contributed by atoms with van der Waals surface area (Å²) >= 11 is 0. The Morgan fingerprint density at radius 1 is 1.07 bits per heavy atom. The van der Waals surface area contributed by atoms with E-state index in [1.807, 2.05) is 6.92 Å². The predicted octanol–water partition coefficient (Wildman–Crippen LogP) is 4.74. The van der Waals surface area contributed by atoms with Crippen molar-refractivity contribution < 1.29 is 42.1 Å². The summed E-state index contributed by atoms with van der Waals surface area (Å²) in [7, 11) is -2.67. The van der Waals surface area contributed by atoms with Gasteiger partial charge in [0.1, 0.15) is 16.4 Å². The number of hydrogen-bond donors (Lipinski definition) is 3. The molecule has 0 saturated heterocycles. The second-order valence-corrected chi connectivity index (χ2v) is 11.6. The van der Waals surface area contributed by atoms with E-state index in [2.05, 4.69) is 15.1 Å². The minimum Gasteiger partial charge on any atom is -0.497 e. The van der Waals surface area contributed by atoms with Gasteiger partial charge in [-0.2, -0.15) is 9.78 Å². The van der Waals surface area contributed by atoms with E-state index in [4.69, 9.17) is 18.9 Å². The van der Waals surface area contributed by atoms with Crippen molar-refractivity contribution in [3.63, 3.8) is 0 Å². The van der Waals surface area contributed by atoms with Crippen molar-refractivity contribution in [2.24, 2.45) is 0 Å². The van der Waals surface area contributed by atoms with E-state index in [-0.39, 0.29) is 45.8 Å². The van der Waals surface area contributed by atoms with Crippen LogP contribution in [-0.2, 0) is 10.0 Å². The van der Waals surface area contributed by atoms with Crippen molar-refractivity contribution in [2.45, 2.75) is 38.1 Å². The Bertz CT molecular complexity index is 1840. The molecule has 0 spiro atoms. The number of fused-ring (bicyclic) bond motifs is 1. The van der Waals surface area contributed by atoms with Crippen molar-refractivity contribution >= 4 is 27.6 Å². The molecule has 1 aromatic heterocycles. The van der Waals surface area contributed by atoms with Crippen molar-refractivity contribution in [3.8, 4) is 34.6 Å². The van der Waals surface area contributed by atoms with Gasteiger partial charge in [-0.3, -0.25) is 4.79 Å². The number of carbonyl (C=O) groups is 2.